The van der Waals surface area contributed by atoms with E-state index in [9.17, 15) is 0 Å². The maximum absolute atomic E-state index is 8.57. The first-order valence-corrected chi connectivity index (χ1v) is 2.56. The van der Waals surface area contributed by atoms with Crippen LogP contribution in [0.15, 0.2) is 0 Å². The van der Waals surface area contributed by atoms with Gasteiger partial charge in [-0.05, 0) is 0 Å². The Labute approximate surface area is 60.1 Å². The fourth-order valence-corrected chi connectivity index (χ4v) is 0.653. The third-order valence-electron chi connectivity index (χ3n) is 1.47. The molecule has 1 fully saturated rings. The highest BCUT2D eigenvalue weighted by molar-refractivity contribution is 5.85. The Hall–Kier alpha value is -0.300. The Morgan fingerprint density at radius 1 is 1.67 bits per heavy atom. The summed E-state index contributed by atoms with van der Waals surface area (Å²) in [5, 5.41) is 19.9. The highest BCUT2D eigenvalue weighted by atomic mass is 35.5. The van der Waals surface area contributed by atoms with Gasteiger partial charge in [-0.15, -0.1) is 12.4 Å². The second-order valence-corrected chi connectivity index (χ2v) is 2.15. The van der Waals surface area contributed by atoms with Gasteiger partial charge < -0.3 is 10.4 Å². The van der Waals surface area contributed by atoms with Gasteiger partial charge in [0.25, 0.3) is 0 Å². The molecule has 3 nitrogen and oxygen atoms in total. The minimum atomic E-state index is -0.444. The molecule has 2 N–H and O–H groups in total. The Morgan fingerprint density at radius 3 is 2.22 bits per heavy atom. The third kappa shape index (κ3) is 1.33. The second kappa shape index (κ2) is 3.02. The molecule has 0 radical (unpaired) electrons. The van der Waals surface area contributed by atoms with Crippen LogP contribution in [0.5, 0.6) is 0 Å². The molecule has 9 heavy (non-hydrogen) atoms. The second-order valence-electron chi connectivity index (χ2n) is 2.15. The highest BCUT2D eigenvalue weighted by Gasteiger charge is 2.36. The molecule has 1 aliphatic rings. The van der Waals surface area contributed by atoms with Crippen LogP contribution in [-0.4, -0.2) is 24.8 Å². The first-order valence-electron chi connectivity index (χ1n) is 2.56. The molecule has 0 aromatic carbocycles. The molecule has 0 bridgehead atoms. The lowest BCUT2D eigenvalue weighted by molar-refractivity contribution is 0.121. The molecule has 4 heteroatoms. The molecule has 0 aromatic heterocycles. The van der Waals surface area contributed by atoms with Gasteiger partial charge in [0.2, 0.25) is 0 Å². The molecule has 0 spiro atoms. The quantitative estimate of drug-likeness (QED) is 0.528. The van der Waals surface area contributed by atoms with Crippen molar-refractivity contribution in [3.63, 3.8) is 0 Å². The van der Waals surface area contributed by atoms with Crippen molar-refractivity contribution in [3.05, 3.63) is 0 Å². The summed E-state index contributed by atoms with van der Waals surface area (Å²) in [6.07, 6.45) is 0. The van der Waals surface area contributed by atoms with E-state index in [0.717, 1.165) is 0 Å². The van der Waals surface area contributed by atoms with Crippen molar-refractivity contribution in [2.75, 3.05) is 19.7 Å². The van der Waals surface area contributed by atoms with E-state index in [1.165, 1.54) is 0 Å². The first kappa shape index (κ1) is 8.70. The fraction of sp³-hybridized carbons (Fsp3) is 0.800. The Morgan fingerprint density at radius 2 is 2.22 bits per heavy atom. The zero-order valence-corrected chi connectivity index (χ0v) is 5.74. The van der Waals surface area contributed by atoms with Crippen LogP contribution < -0.4 is 5.32 Å². The van der Waals surface area contributed by atoms with Crippen LogP contribution >= 0.6 is 12.4 Å². The summed E-state index contributed by atoms with van der Waals surface area (Å²) in [4.78, 5) is 0. The van der Waals surface area contributed by atoms with Crippen molar-refractivity contribution in [3.8, 4) is 6.07 Å². The van der Waals surface area contributed by atoms with Crippen LogP contribution in [0.2, 0.25) is 0 Å². The molecule has 1 saturated heterocycles. The molecule has 0 aromatic rings. The molecule has 0 unspecified atom stereocenters. The molecule has 1 aliphatic heterocycles. The van der Waals surface area contributed by atoms with Crippen molar-refractivity contribution in [2.45, 2.75) is 0 Å². The molecule has 1 heterocycles. The Kier molecular flexibility index (Phi) is 2.92. The van der Waals surface area contributed by atoms with Crippen LogP contribution in [0.25, 0.3) is 0 Å². The number of rotatable bonds is 1. The molecule has 0 atom stereocenters. The molecule has 1 rings (SSSR count). The standard InChI is InChI=1S/C5H8N2O.ClH/c6-1-5(4-8)2-7-3-5;/h7-8H,2-4H2;1H. The van der Waals surface area contributed by atoms with Crippen molar-refractivity contribution in [1.29, 1.82) is 5.26 Å². The van der Waals surface area contributed by atoms with Crippen LogP contribution in [0, 0.1) is 16.7 Å². The molecule has 0 aliphatic carbocycles. The summed E-state index contributed by atoms with van der Waals surface area (Å²) in [5.41, 5.74) is -0.444. The van der Waals surface area contributed by atoms with E-state index in [2.05, 4.69) is 11.4 Å². The summed E-state index contributed by atoms with van der Waals surface area (Å²) in [5.74, 6) is 0. The van der Waals surface area contributed by atoms with Gasteiger partial charge >= 0.3 is 0 Å². The summed E-state index contributed by atoms with van der Waals surface area (Å²) < 4.78 is 0. The van der Waals surface area contributed by atoms with Gasteiger partial charge in [0.1, 0.15) is 5.41 Å². The molecular formula is C5H9ClN2O. The van der Waals surface area contributed by atoms with E-state index < -0.39 is 5.41 Å². The fourth-order valence-electron chi connectivity index (χ4n) is 0.653. The summed E-state index contributed by atoms with van der Waals surface area (Å²) >= 11 is 0. The van der Waals surface area contributed by atoms with E-state index >= 15 is 0 Å². The smallest absolute Gasteiger partial charge is 0.105 e. The predicted molar refractivity (Wildman–Crippen MR) is 35.2 cm³/mol. The Balaban J connectivity index is 0.000000640. The van der Waals surface area contributed by atoms with Crippen LogP contribution in [0.3, 0.4) is 0 Å². The van der Waals surface area contributed by atoms with Gasteiger partial charge in [0.05, 0.1) is 12.7 Å². The zero-order chi connectivity index (χ0) is 6.04. The summed E-state index contributed by atoms with van der Waals surface area (Å²) in [6, 6.07) is 2.05. The number of aliphatic hydroxyl groups excluding tert-OH is 1. The average Bonchev–Trinajstić information content (AvgIpc) is 1.67. The lowest BCUT2D eigenvalue weighted by Crippen LogP contribution is -2.54. The number of hydrogen-bond acceptors (Lipinski definition) is 3. The molecular weight excluding hydrogens is 140 g/mol. The van der Waals surface area contributed by atoms with Gasteiger partial charge in [0.15, 0.2) is 0 Å². The van der Waals surface area contributed by atoms with Crippen LogP contribution in [-0.2, 0) is 0 Å². The number of hydrogen-bond donors (Lipinski definition) is 2. The minimum Gasteiger partial charge on any atom is -0.395 e. The van der Waals surface area contributed by atoms with Crippen molar-refractivity contribution in [1.82, 2.24) is 5.32 Å². The summed E-state index contributed by atoms with van der Waals surface area (Å²) in [6.45, 7) is 1.26. The largest absolute Gasteiger partial charge is 0.395 e. The predicted octanol–water partition coefficient (Wildman–Crippen LogP) is -0.486. The number of aliphatic hydroxyl groups is 1. The SMILES string of the molecule is Cl.N#CC1(CO)CNC1. The van der Waals surface area contributed by atoms with Crippen LogP contribution in [0.4, 0.5) is 0 Å². The number of nitriles is 1. The van der Waals surface area contributed by atoms with Gasteiger partial charge in [-0.1, -0.05) is 0 Å². The first-order chi connectivity index (χ1) is 3.83. The van der Waals surface area contributed by atoms with E-state index in [0.29, 0.717) is 13.1 Å². The van der Waals surface area contributed by atoms with E-state index in [1.54, 1.807) is 0 Å². The Bertz CT molecular complexity index is 122. The summed E-state index contributed by atoms with van der Waals surface area (Å²) in [7, 11) is 0. The van der Waals surface area contributed by atoms with E-state index in [4.69, 9.17) is 10.4 Å². The normalized spacial score (nSPS) is 20.9. The maximum atomic E-state index is 8.57. The van der Waals surface area contributed by atoms with Gasteiger partial charge in [-0.3, -0.25) is 0 Å². The van der Waals surface area contributed by atoms with Crippen molar-refractivity contribution < 1.29 is 5.11 Å². The lowest BCUT2D eigenvalue weighted by Gasteiger charge is -2.33. The minimum absolute atomic E-state index is 0. The van der Waals surface area contributed by atoms with Gasteiger partial charge in [-0.25, -0.2) is 0 Å². The number of nitrogens with zero attached hydrogens (tertiary/aromatic N) is 1. The van der Waals surface area contributed by atoms with E-state index in [1.807, 2.05) is 0 Å². The third-order valence-corrected chi connectivity index (χ3v) is 1.47. The van der Waals surface area contributed by atoms with Crippen LogP contribution in [0.1, 0.15) is 0 Å². The lowest BCUT2D eigenvalue weighted by atomic mass is 9.85. The zero-order valence-electron chi connectivity index (χ0n) is 4.92. The maximum Gasteiger partial charge on any atom is 0.105 e. The topological polar surface area (TPSA) is 56.0 Å². The van der Waals surface area contributed by atoms with E-state index in [-0.39, 0.29) is 19.0 Å². The highest BCUT2D eigenvalue weighted by Crippen LogP contribution is 2.18. The average molecular weight is 149 g/mol. The van der Waals surface area contributed by atoms with Crippen molar-refractivity contribution >= 4 is 12.4 Å². The molecule has 52 valence electrons. The molecule has 0 amide bonds. The van der Waals surface area contributed by atoms with Crippen molar-refractivity contribution in [2.24, 2.45) is 5.41 Å². The number of halogens is 1. The monoisotopic (exact) mass is 148 g/mol. The molecule has 0 saturated carbocycles. The number of nitrogens with one attached hydrogen (secondary N) is 1. The van der Waals surface area contributed by atoms with Gasteiger partial charge in [-0.2, -0.15) is 5.26 Å². The van der Waals surface area contributed by atoms with Gasteiger partial charge in [0, 0.05) is 13.1 Å².